The number of aliphatic hydroxyl groups is 1. The molecule has 9 heteroatoms. The molecule has 2 aromatic rings. The zero-order valence-corrected chi connectivity index (χ0v) is 19.9. The Hall–Kier alpha value is -3.17. The van der Waals surface area contributed by atoms with Gasteiger partial charge < -0.3 is 15.7 Å². The Kier molecular flexibility index (Phi) is 9.06. The third-order valence-electron chi connectivity index (χ3n) is 6.56. The van der Waals surface area contributed by atoms with Crippen molar-refractivity contribution in [3.63, 3.8) is 0 Å². The van der Waals surface area contributed by atoms with E-state index in [0.29, 0.717) is 11.3 Å². The second kappa shape index (κ2) is 12.0. The zero-order chi connectivity index (χ0) is 25.4. The molecule has 0 aliphatic heterocycles. The van der Waals surface area contributed by atoms with Crippen LogP contribution in [0.2, 0.25) is 0 Å². The normalized spacial score (nSPS) is 16.7. The molecule has 2 aromatic carbocycles. The number of anilines is 1. The minimum atomic E-state index is -1.01. The summed E-state index contributed by atoms with van der Waals surface area (Å²) in [6, 6.07) is 10.1. The van der Waals surface area contributed by atoms with E-state index in [2.05, 4.69) is 10.6 Å². The van der Waals surface area contributed by atoms with Gasteiger partial charge in [0.1, 0.15) is 11.6 Å². The molecule has 0 spiro atoms. The van der Waals surface area contributed by atoms with Crippen LogP contribution in [0.25, 0.3) is 0 Å². The first-order valence-corrected chi connectivity index (χ1v) is 11.8. The average Bonchev–Trinajstić information content (AvgIpc) is 2.83. The first-order chi connectivity index (χ1) is 16.8. The molecule has 2 unspecified atom stereocenters. The van der Waals surface area contributed by atoms with Gasteiger partial charge >= 0.3 is 0 Å². The van der Waals surface area contributed by atoms with Crippen LogP contribution in [-0.2, 0) is 16.8 Å². The highest BCUT2D eigenvalue weighted by atomic mass is 19.1. The molecule has 1 aliphatic carbocycles. The third-order valence-corrected chi connectivity index (χ3v) is 6.56. The average molecular weight is 486 g/mol. The van der Waals surface area contributed by atoms with Crippen molar-refractivity contribution in [2.24, 2.45) is 0 Å². The zero-order valence-electron chi connectivity index (χ0n) is 19.9. The third kappa shape index (κ3) is 6.93. The largest absolute Gasteiger partial charge is 0.390 e. The predicted octanol–water partition coefficient (Wildman–Crippen LogP) is 3.84. The minimum Gasteiger partial charge on any atom is -0.390 e. The van der Waals surface area contributed by atoms with Gasteiger partial charge in [-0.25, -0.2) is 8.78 Å². The second-order valence-corrected chi connectivity index (χ2v) is 9.10. The van der Waals surface area contributed by atoms with Gasteiger partial charge in [0, 0.05) is 30.8 Å². The summed E-state index contributed by atoms with van der Waals surface area (Å²) in [6.45, 7) is 1.50. The smallest absolute Gasteiger partial charge is 0.217 e. The van der Waals surface area contributed by atoms with E-state index in [9.17, 15) is 18.7 Å². The molecule has 2 atom stereocenters. The number of hydrogen-bond acceptors (Lipinski definition) is 5. The summed E-state index contributed by atoms with van der Waals surface area (Å²) in [7, 11) is 0. The number of aliphatic hydroxyl groups excluding tert-OH is 1. The van der Waals surface area contributed by atoms with Gasteiger partial charge in [0.05, 0.1) is 24.8 Å². The fourth-order valence-corrected chi connectivity index (χ4v) is 4.84. The lowest BCUT2D eigenvalue weighted by Gasteiger charge is -2.40. The maximum absolute atomic E-state index is 13.7. The Morgan fingerprint density at radius 1 is 1.11 bits per heavy atom. The van der Waals surface area contributed by atoms with Crippen molar-refractivity contribution in [1.29, 1.82) is 10.8 Å². The van der Waals surface area contributed by atoms with Crippen molar-refractivity contribution in [3.8, 4) is 0 Å². The quantitative estimate of drug-likeness (QED) is 0.246. The van der Waals surface area contributed by atoms with Crippen molar-refractivity contribution in [2.45, 2.75) is 63.1 Å². The molecular formula is C26H33F2N5O2. The van der Waals surface area contributed by atoms with Crippen LogP contribution in [0, 0.1) is 22.5 Å². The highest BCUT2D eigenvalue weighted by molar-refractivity contribution is 5.97. The van der Waals surface area contributed by atoms with E-state index in [1.54, 1.807) is 0 Å². The summed E-state index contributed by atoms with van der Waals surface area (Å²) in [4.78, 5) is 13.2. The van der Waals surface area contributed by atoms with E-state index in [4.69, 9.17) is 10.8 Å². The van der Waals surface area contributed by atoms with Gasteiger partial charge in [-0.05, 0) is 54.7 Å². The van der Waals surface area contributed by atoms with E-state index < -0.39 is 29.3 Å². The van der Waals surface area contributed by atoms with E-state index >= 15 is 0 Å². The molecule has 188 valence electrons. The molecule has 0 heterocycles. The van der Waals surface area contributed by atoms with Gasteiger partial charge in [0.15, 0.2) is 0 Å². The molecular weight excluding hydrogens is 452 g/mol. The van der Waals surface area contributed by atoms with E-state index in [1.165, 1.54) is 24.0 Å². The highest BCUT2D eigenvalue weighted by Gasteiger charge is 2.35. The number of nitrogens with one attached hydrogen (secondary N) is 4. The molecule has 0 saturated heterocycles. The summed E-state index contributed by atoms with van der Waals surface area (Å²) < 4.78 is 27.4. The lowest BCUT2D eigenvalue weighted by Crippen LogP contribution is -2.53. The van der Waals surface area contributed by atoms with Gasteiger partial charge in [0.2, 0.25) is 5.91 Å². The van der Waals surface area contributed by atoms with Gasteiger partial charge in [0.25, 0.3) is 0 Å². The standard InChI is InChI=1S/C26H33F2N5O2/c1-18(34)32-24(12-19-10-21(27)14-22(28)11-19)25(35)15-31-26(8-3-2-4-9-26)20-6-5-7-23(13-20)33(16-29)17-30/h5-7,10-11,13-14,16-17,24-25,29-31,35H,2-4,8-9,12,15H2,1H3,(H,32,34). The predicted molar refractivity (Wildman–Crippen MR) is 133 cm³/mol. The van der Waals surface area contributed by atoms with E-state index in [0.717, 1.165) is 56.4 Å². The molecule has 1 aliphatic rings. The lowest BCUT2D eigenvalue weighted by molar-refractivity contribution is -0.120. The Bertz CT molecular complexity index is 1010. The summed E-state index contributed by atoms with van der Waals surface area (Å²) in [5.41, 5.74) is 1.62. The van der Waals surface area contributed by atoms with Crippen LogP contribution in [0.4, 0.5) is 14.5 Å². The monoisotopic (exact) mass is 485 g/mol. The fourth-order valence-electron chi connectivity index (χ4n) is 4.84. The first-order valence-electron chi connectivity index (χ1n) is 11.8. The number of carbonyl (C=O) groups excluding carboxylic acids is 1. The van der Waals surface area contributed by atoms with Crippen LogP contribution in [0.5, 0.6) is 0 Å². The molecule has 35 heavy (non-hydrogen) atoms. The number of hydrogen-bond donors (Lipinski definition) is 5. The summed E-state index contributed by atoms with van der Waals surface area (Å²) in [5, 5.41) is 32.4. The molecule has 7 nitrogen and oxygen atoms in total. The number of carbonyl (C=O) groups is 1. The van der Waals surface area contributed by atoms with E-state index in [1.807, 2.05) is 24.3 Å². The van der Waals surface area contributed by atoms with Crippen LogP contribution >= 0.6 is 0 Å². The SMILES string of the molecule is CC(=O)NC(Cc1cc(F)cc(F)c1)C(O)CNC1(c2cccc(N(C=N)C=N)c2)CCCCC1. The van der Waals surface area contributed by atoms with E-state index in [-0.39, 0.29) is 18.9 Å². The van der Waals surface area contributed by atoms with Crippen LogP contribution in [-0.4, -0.2) is 42.4 Å². The Morgan fingerprint density at radius 3 is 2.37 bits per heavy atom. The Morgan fingerprint density at radius 2 is 1.77 bits per heavy atom. The van der Waals surface area contributed by atoms with Crippen molar-refractivity contribution in [2.75, 3.05) is 11.4 Å². The molecule has 0 radical (unpaired) electrons. The van der Waals surface area contributed by atoms with Crippen LogP contribution in [0.1, 0.15) is 50.2 Å². The number of nitrogens with zero attached hydrogens (tertiary/aromatic N) is 1. The number of halogens is 2. The van der Waals surface area contributed by atoms with Gasteiger partial charge in [-0.1, -0.05) is 31.4 Å². The second-order valence-electron chi connectivity index (χ2n) is 9.10. The maximum atomic E-state index is 13.7. The fraction of sp³-hybridized carbons (Fsp3) is 0.423. The molecule has 0 bridgehead atoms. The maximum Gasteiger partial charge on any atom is 0.217 e. The Balaban J connectivity index is 1.81. The molecule has 3 rings (SSSR count). The van der Waals surface area contributed by atoms with Crippen molar-refractivity contribution >= 4 is 24.3 Å². The van der Waals surface area contributed by atoms with Crippen molar-refractivity contribution in [1.82, 2.24) is 10.6 Å². The summed E-state index contributed by atoms with van der Waals surface area (Å²) >= 11 is 0. The van der Waals surface area contributed by atoms with Crippen LogP contribution < -0.4 is 15.5 Å². The van der Waals surface area contributed by atoms with Gasteiger partial charge in [-0.3, -0.25) is 20.5 Å². The van der Waals surface area contributed by atoms with Crippen molar-refractivity contribution < 1.29 is 18.7 Å². The number of benzene rings is 2. The minimum absolute atomic E-state index is 0.0766. The summed E-state index contributed by atoms with van der Waals surface area (Å²) in [5.74, 6) is -1.76. The number of amides is 1. The summed E-state index contributed by atoms with van der Waals surface area (Å²) in [6.07, 6.45) is 6.02. The highest BCUT2D eigenvalue weighted by Crippen LogP contribution is 2.38. The molecule has 5 N–H and O–H groups in total. The molecule has 0 aromatic heterocycles. The van der Waals surface area contributed by atoms with Crippen LogP contribution in [0.15, 0.2) is 42.5 Å². The molecule has 1 saturated carbocycles. The van der Waals surface area contributed by atoms with Gasteiger partial charge in [-0.15, -0.1) is 0 Å². The molecule has 1 amide bonds. The molecule has 1 fully saturated rings. The topological polar surface area (TPSA) is 112 Å². The van der Waals surface area contributed by atoms with Crippen molar-refractivity contribution in [3.05, 3.63) is 65.2 Å². The Labute approximate surface area is 204 Å². The van der Waals surface area contributed by atoms with Crippen LogP contribution in [0.3, 0.4) is 0 Å². The first kappa shape index (κ1) is 26.4. The lowest BCUT2D eigenvalue weighted by atomic mass is 9.76. The van der Waals surface area contributed by atoms with Gasteiger partial charge in [-0.2, -0.15) is 0 Å². The number of rotatable bonds is 11.